The van der Waals surface area contributed by atoms with Crippen LogP contribution in [0.25, 0.3) is 6.08 Å². The highest BCUT2D eigenvalue weighted by molar-refractivity contribution is 9.10. The Balaban J connectivity index is 1.22. The third-order valence-electron chi connectivity index (χ3n) is 6.92. The molecule has 154 valence electrons. The van der Waals surface area contributed by atoms with Crippen molar-refractivity contribution < 1.29 is 4.79 Å². The standard InChI is InChI=1S/C22H21BrN4OS2/c23-16-3-1-12(2-4-16)8-17-18(28)24-20(29-17)25-21-27-26-19(30-21)22-9-13-5-14(10-22)7-15(6-13)11-22/h1-4,8,13-15H,5-7,9-11H2,(H,24,25,27,28)/b17-8+. The van der Waals surface area contributed by atoms with Gasteiger partial charge in [0, 0.05) is 9.89 Å². The van der Waals surface area contributed by atoms with Gasteiger partial charge in [-0.25, -0.2) is 0 Å². The van der Waals surface area contributed by atoms with E-state index in [1.165, 1.54) is 55.3 Å². The molecule has 0 atom stereocenters. The van der Waals surface area contributed by atoms with Gasteiger partial charge in [-0.1, -0.05) is 39.4 Å². The molecule has 1 aromatic heterocycles. The van der Waals surface area contributed by atoms with Crippen LogP contribution in [-0.4, -0.2) is 21.3 Å². The lowest BCUT2D eigenvalue weighted by Gasteiger charge is -2.55. The summed E-state index contributed by atoms with van der Waals surface area (Å²) in [6.45, 7) is 0. The van der Waals surface area contributed by atoms with Gasteiger partial charge in [-0.05, 0) is 91.8 Å². The van der Waals surface area contributed by atoms with E-state index in [0.717, 1.165) is 27.8 Å². The van der Waals surface area contributed by atoms with E-state index in [-0.39, 0.29) is 11.3 Å². The summed E-state index contributed by atoms with van der Waals surface area (Å²) in [6.07, 6.45) is 9.97. The molecule has 0 radical (unpaired) electrons. The van der Waals surface area contributed by atoms with Crippen molar-refractivity contribution in [1.82, 2.24) is 15.5 Å². The number of amidine groups is 1. The van der Waals surface area contributed by atoms with Crippen LogP contribution in [0.15, 0.2) is 38.6 Å². The number of carbonyl (C=O) groups excluding carboxylic acids is 1. The van der Waals surface area contributed by atoms with Crippen LogP contribution in [0.3, 0.4) is 0 Å². The summed E-state index contributed by atoms with van der Waals surface area (Å²) in [4.78, 5) is 17.6. The second-order valence-electron chi connectivity index (χ2n) is 9.12. The highest BCUT2D eigenvalue weighted by Gasteiger charge is 2.53. The van der Waals surface area contributed by atoms with Crippen molar-refractivity contribution in [2.45, 2.75) is 43.9 Å². The maximum absolute atomic E-state index is 12.4. The van der Waals surface area contributed by atoms with Crippen LogP contribution < -0.4 is 5.32 Å². The predicted molar refractivity (Wildman–Crippen MR) is 125 cm³/mol. The molecule has 2 heterocycles. The van der Waals surface area contributed by atoms with Gasteiger partial charge in [0.05, 0.1) is 4.91 Å². The van der Waals surface area contributed by atoms with Gasteiger partial charge in [0.25, 0.3) is 5.91 Å². The summed E-state index contributed by atoms with van der Waals surface area (Å²) in [7, 11) is 0. The van der Waals surface area contributed by atoms with E-state index >= 15 is 0 Å². The number of rotatable bonds is 3. The lowest BCUT2D eigenvalue weighted by atomic mass is 9.50. The van der Waals surface area contributed by atoms with Crippen molar-refractivity contribution in [2.75, 3.05) is 0 Å². The van der Waals surface area contributed by atoms with Crippen molar-refractivity contribution >= 4 is 61.3 Å². The number of nitrogens with one attached hydrogen (secondary N) is 1. The third kappa shape index (κ3) is 3.46. The fourth-order valence-electron chi connectivity index (χ4n) is 6.13. The average molecular weight is 501 g/mol. The monoisotopic (exact) mass is 500 g/mol. The first kappa shape index (κ1) is 19.2. The van der Waals surface area contributed by atoms with E-state index in [4.69, 9.17) is 0 Å². The van der Waals surface area contributed by atoms with Gasteiger partial charge in [0.15, 0.2) is 5.17 Å². The molecule has 2 aromatic rings. The van der Waals surface area contributed by atoms with Crippen molar-refractivity contribution in [3.8, 4) is 0 Å². The minimum Gasteiger partial charge on any atom is -0.300 e. The minimum absolute atomic E-state index is 0.118. The van der Waals surface area contributed by atoms with Gasteiger partial charge in [0.1, 0.15) is 5.01 Å². The van der Waals surface area contributed by atoms with Gasteiger partial charge in [-0.2, -0.15) is 4.99 Å². The van der Waals surface area contributed by atoms with Crippen LogP contribution >= 0.6 is 39.0 Å². The van der Waals surface area contributed by atoms with Crippen molar-refractivity contribution in [3.05, 3.63) is 44.2 Å². The minimum atomic E-state index is -0.118. The molecule has 5 aliphatic rings. The highest BCUT2D eigenvalue weighted by Crippen LogP contribution is 2.61. The van der Waals surface area contributed by atoms with Crippen LogP contribution in [0.1, 0.15) is 49.1 Å². The summed E-state index contributed by atoms with van der Waals surface area (Å²) < 4.78 is 1.02. The van der Waals surface area contributed by atoms with Crippen molar-refractivity contribution in [1.29, 1.82) is 0 Å². The number of benzene rings is 1. The quantitative estimate of drug-likeness (QED) is 0.552. The maximum Gasteiger partial charge on any atom is 0.264 e. The zero-order chi connectivity index (χ0) is 20.3. The second-order valence-corrected chi connectivity index (χ2v) is 12.0. The van der Waals surface area contributed by atoms with Gasteiger partial charge in [-0.15, -0.1) is 10.2 Å². The Morgan fingerprint density at radius 2 is 1.73 bits per heavy atom. The number of hydrogen-bond acceptors (Lipinski definition) is 6. The van der Waals surface area contributed by atoms with E-state index in [1.807, 2.05) is 30.3 Å². The first-order valence-electron chi connectivity index (χ1n) is 10.4. The van der Waals surface area contributed by atoms with Gasteiger partial charge < -0.3 is 5.32 Å². The SMILES string of the molecule is O=C1NC(=Nc2nnc(C34CC5CC(CC(C5)C3)C4)s2)S/C1=C/c1ccc(Br)cc1. The Hall–Kier alpha value is -1.51. The van der Waals surface area contributed by atoms with Crippen molar-refractivity contribution in [3.63, 3.8) is 0 Å². The Morgan fingerprint density at radius 3 is 2.40 bits per heavy atom. The number of hydrogen-bond donors (Lipinski definition) is 1. The lowest BCUT2D eigenvalue weighted by Crippen LogP contribution is -2.48. The number of aromatic nitrogens is 2. The number of carbonyl (C=O) groups is 1. The Morgan fingerprint density at radius 1 is 1.07 bits per heavy atom. The molecular formula is C22H21BrN4OS2. The van der Waals surface area contributed by atoms with Gasteiger partial charge in [-0.3, -0.25) is 4.79 Å². The third-order valence-corrected chi connectivity index (χ3v) is 9.42. The molecule has 7 rings (SSSR count). The number of nitrogens with zero attached hydrogens (tertiary/aromatic N) is 3. The molecule has 8 heteroatoms. The molecule has 4 saturated carbocycles. The number of amides is 1. The first-order chi connectivity index (χ1) is 14.5. The van der Waals surface area contributed by atoms with Crippen LogP contribution in [-0.2, 0) is 10.2 Å². The molecule has 1 saturated heterocycles. The van der Waals surface area contributed by atoms with E-state index in [0.29, 0.717) is 15.2 Å². The fraction of sp³-hybridized carbons (Fsp3) is 0.455. The molecule has 0 unspecified atom stereocenters. The molecule has 1 aromatic carbocycles. The van der Waals surface area contributed by atoms with E-state index in [1.54, 1.807) is 11.3 Å². The van der Waals surface area contributed by atoms with Crippen LogP contribution in [0.2, 0.25) is 0 Å². The molecule has 4 bridgehead atoms. The molecule has 0 spiro atoms. The molecule has 4 aliphatic carbocycles. The smallest absolute Gasteiger partial charge is 0.264 e. The van der Waals surface area contributed by atoms with Gasteiger partial charge >= 0.3 is 0 Å². The summed E-state index contributed by atoms with van der Waals surface area (Å²) in [5, 5.41) is 14.2. The molecule has 1 amide bonds. The average Bonchev–Trinajstić information content (AvgIpc) is 3.30. The van der Waals surface area contributed by atoms with Crippen LogP contribution in [0, 0.1) is 17.8 Å². The molecular weight excluding hydrogens is 480 g/mol. The molecule has 5 fully saturated rings. The summed E-state index contributed by atoms with van der Waals surface area (Å²) >= 11 is 6.41. The van der Waals surface area contributed by atoms with Crippen LogP contribution in [0.5, 0.6) is 0 Å². The van der Waals surface area contributed by atoms with Gasteiger partial charge in [0.2, 0.25) is 5.13 Å². The zero-order valence-corrected chi connectivity index (χ0v) is 19.5. The number of halogens is 1. The normalized spacial score (nSPS) is 34.8. The summed E-state index contributed by atoms with van der Waals surface area (Å²) in [5.74, 6) is 2.52. The predicted octanol–water partition coefficient (Wildman–Crippen LogP) is 5.66. The Kier molecular flexibility index (Phi) is 4.66. The zero-order valence-electron chi connectivity index (χ0n) is 16.3. The largest absolute Gasteiger partial charge is 0.300 e. The van der Waals surface area contributed by atoms with E-state index < -0.39 is 0 Å². The maximum atomic E-state index is 12.4. The lowest BCUT2D eigenvalue weighted by molar-refractivity contribution is -0.115. The number of aliphatic imine (C=N–C) groups is 1. The molecule has 30 heavy (non-hydrogen) atoms. The van der Waals surface area contributed by atoms with E-state index in [9.17, 15) is 4.79 Å². The molecule has 1 aliphatic heterocycles. The Labute approximate surface area is 192 Å². The highest BCUT2D eigenvalue weighted by atomic mass is 79.9. The van der Waals surface area contributed by atoms with Crippen molar-refractivity contribution in [2.24, 2.45) is 22.7 Å². The summed E-state index contributed by atoms with van der Waals surface area (Å²) in [6, 6.07) is 7.88. The molecule has 5 nitrogen and oxygen atoms in total. The summed E-state index contributed by atoms with van der Waals surface area (Å²) in [5.41, 5.74) is 1.22. The molecule has 1 N–H and O–H groups in total. The Bertz CT molecular complexity index is 1040. The van der Waals surface area contributed by atoms with Crippen LogP contribution in [0.4, 0.5) is 5.13 Å². The second kappa shape index (κ2) is 7.28. The van der Waals surface area contributed by atoms with E-state index in [2.05, 4.69) is 36.4 Å². The topological polar surface area (TPSA) is 67.2 Å². The first-order valence-corrected chi connectivity index (χ1v) is 12.9. The fourth-order valence-corrected chi connectivity index (χ4v) is 8.21. The number of thioether (sulfide) groups is 1.